The molecule has 0 radical (unpaired) electrons. The van der Waals surface area contributed by atoms with Crippen LogP contribution < -0.4 is 10.6 Å². The van der Waals surface area contributed by atoms with Crippen molar-refractivity contribution in [3.63, 3.8) is 0 Å². The predicted molar refractivity (Wildman–Crippen MR) is 68.1 cm³/mol. The van der Waals surface area contributed by atoms with Gasteiger partial charge in [0.15, 0.2) is 0 Å². The molecule has 17 heavy (non-hydrogen) atoms. The molecule has 2 unspecified atom stereocenters. The minimum absolute atomic E-state index is 0.0185. The summed E-state index contributed by atoms with van der Waals surface area (Å²) in [6, 6.07) is 2.20. The van der Waals surface area contributed by atoms with Crippen LogP contribution in [0.4, 0.5) is 5.69 Å². The smallest absolute Gasteiger partial charge is 0.255 e. The summed E-state index contributed by atoms with van der Waals surface area (Å²) < 4.78 is 0. The third-order valence-corrected chi connectivity index (χ3v) is 3.20. The summed E-state index contributed by atoms with van der Waals surface area (Å²) in [4.78, 5) is 16.1. The summed E-state index contributed by atoms with van der Waals surface area (Å²) in [7, 11) is 0. The van der Waals surface area contributed by atoms with Crippen molar-refractivity contribution in [1.29, 1.82) is 0 Å². The van der Waals surface area contributed by atoms with Crippen molar-refractivity contribution in [3.05, 3.63) is 24.0 Å². The molecule has 1 heterocycles. The molecule has 2 atom stereocenters. The van der Waals surface area contributed by atoms with E-state index in [1.807, 2.05) is 13.0 Å². The van der Waals surface area contributed by atoms with Gasteiger partial charge in [-0.05, 0) is 25.3 Å². The van der Waals surface area contributed by atoms with Gasteiger partial charge in [-0.3, -0.25) is 9.78 Å². The van der Waals surface area contributed by atoms with E-state index in [4.69, 9.17) is 0 Å². The Bertz CT molecular complexity index is 405. The Morgan fingerprint density at radius 1 is 1.53 bits per heavy atom. The Balaban J connectivity index is 2.03. The standard InChI is InChI=1S/C13H19N3O/c1-3-9-7-12(9)16-13(17)10-8-14-6-5-11(10)15-4-2/h5-6,8-9,12H,3-4,7H2,1-2H3,(H,14,15)(H,16,17). The normalized spacial score (nSPS) is 22.0. The van der Waals surface area contributed by atoms with Crippen molar-refractivity contribution in [2.45, 2.75) is 32.7 Å². The maximum atomic E-state index is 12.1. The maximum Gasteiger partial charge on any atom is 0.255 e. The first kappa shape index (κ1) is 11.9. The molecule has 0 aliphatic heterocycles. The van der Waals surface area contributed by atoms with Gasteiger partial charge < -0.3 is 10.6 Å². The van der Waals surface area contributed by atoms with E-state index < -0.39 is 0 Å². The van der Waals surface area contributed by atoms with Crippen LogP contribution >= 0.6 is 0 Å². The third-order valence-electron chi connectivity index (χ3n) is 3.20. The highest BCUT2D eigenvalue weighted by molar-refractivity contribution is 5.99. The molecule has 1 aliphatic carbocycles. The Morgan fingerprint density at radius 2 is 2.35 bits per heavy atom. The number of rotatable bonds is 5. The minimum atomic E-state index is -0.0185. The SMILES string of the molecule is CCNc1ccncc1C(=O)NC1CC1CC. The Kier molecular flexibility index (Phi) is 3.61. The van der Waals surface area contributed by atoms with Gasteiger partial charge in [-0.2, -0.15) is 0 Å². The van der Waals surface area contributed by atoms with E-state index in [1.54, 1.807) is 12.4 Å². The summed E-state index contributed by atoms with van der Waals surface area (Å²) in [6.45, 7) is 4.96. The van der Waals surface area contributed by atoms with Gasteiger partial charge in [0.25, 0.3) is 5.91 Å². The molecule has 1 aliphatic rings. The van der Waals surface area contributed by atoms with Gasteiger partial charge in [-0.1, -0.05) is 13.3 Å². The average Bonchev–Trinajstić information content (AvgIpc) is 3.08. The molecule has 1 amide bonds. The fourth-order valence-electron chi connectivity index (χ4n) is 2.04. The Hall–Kier alpha value is -1.58. The Labute approximate surface area is 102 Å². The molecule has 2 rings (SSSR count). The summed E-state index contributed by atoms with van der Waals surface area (Å²) in [5.41, 5.74) is 1.49. The van der Waals surface area contributed by atoms with E-state index in [0.29, 0.717) is 17.5 Å². The lowest BCUT2D eigenvalue weighted by atomic mass is 10.2. The lowest BCUT2D eigenvalue weighted by Crippen LogP contribution is -2.27. The van der Waals surface area contributed by atoms with Crippen LogP contribution in [0.3, 0.4) is 0 Å². The number of pyridine rings is 1. The van der Waals surface area contributed by atoms with Crippen LogP contribution in [-0.2, 0) is 0 Å². The van der Waals surface area contributed by atoms with E-state index in [0.717, 1.165) is 25.1 Å². The van der Waals surface area contributed by atoms with Crippen LogP contribution in [0.25, 0.3) is 0 Å². The number of carbonyl (C=O) groups excluding carboxylic acids is 1. The van der Waals surface area contributed by atoms with Gasteiger partial charge in [0.1, 0.15) is 0 Å². The first-order chi connectivity index (χ1) is 8.26. The number of nitrogens with one attached hydrogen (secondary N) is 2. The van der Waals surface area contributed by atoms with Crippen LogP contribution in [-0.4, -0.2) is 23.5 Å². The molecule has 4 nitrogen and oxygen atoms in total. The van der Waals surface area contributed by atoms with Crippen LogP contribution in [0, 0.1) is 5.92 Å². The van der Waals surface area contributed by atoms with E-state index in [1.165, 1.54) is 0 Å². The fourth-order valence-corrected chi connectivity index (χ4v) is 2.04. The largest absolute Gasteiger partial charge is 0.385 e. The second kappa shape index (κ2) is 5.17. The average molecular weight is 233 g/mol. The first-order valence-electron chi connectivity index (χ1n) is 6.25. The van der Waals surface area contributed by atoms with Crippen molar-refractivity contribution in [2.24, 2.45) is 5.92 Å². The highest BCUT2D eigenvalue weighted by Crippen LogP contribution is 2.33. The van der Waals surface area contributed by atoms with E-state index in [2.05, 4.69) is 22.5 Å². The van der Waals surface area contributed by atoms with Gasteiger partial charge in [0.2, 0.25) is 0 Å². The molecule has 4 heteroatoms. The highest BCUT2D eigenvalue weighted by atomic mass is 16.1. The second-order valence-corrected chi connectivity index (χ2v) is 4.44. The predicted octanol–water partition coefficient (Wildman–Crippen LogP) is 2.04. The molecule has 2 N–H and O–H groups in total. The molecule has 0 saturated heterocycles. The zero-order valence-electron chi connectivity index (χ0n) is 10.4. The maximum absolute atomic E-state index is 12.1. The number of aromatic nitrogens is 1. The number of nitrogens with zero attached hydrogens (tertiary/aromatic N) is 1. The molecule has 0 aromatic carbocycles. The molecule has 0 spiro atoms. The highest BCUT2D eigenvalue weighted by Gasteiger charge is 2.36. The number of hydrogen-bond acceptors (Lipinski definition) is 3. The van der Waals surface area contributed by atoms with Crippen LogP contribution in [0.5, 0.6) is 0 Å². The number of hydrogen-bond donors (Lipinski definition) is 2. The lowest BCUT2D eigenvalue weighted by molar-refractivity contribution is 0.0949. The number of anilines is 1. The molecule has 92 valence electrons. The molecule has 1 aromatic heterocycles. The third kappa shape index (κ3) is 2.75. The van der Waals surface area contributed by atoms with E-state index in [9.17, 15) is 4.79 Å². The fraction of sp³-hybridized carbons (Fsp3) is 0.538. The molecule has 1 fully saturated rings. The monoisotopic (exact) mass is 233 g/mol. The topological polar surface area (TPSA) is 54.0 Å². The number of amides is 1. The van der Waals surface area contributed by atoms with E-state index >= 15 is 0 Å². The number of carbonyl (C=O) groups is 1. The van der Waals surface area contributed by atoms with Crippen LogP contribution in [0.2, 0.25) is 0 Å². The van der Waals surface area contributed by atoms with Crippen molar-refractivity contribution >= 4 is 11.6 Å². The van der Waals surface area contributed by atoms with Gasteiger partial charge in [-0.25, -0.2) is 0 Å². The van der Waals surface area contributed by atoms with Gasteiger partial charge in [0, 0.05) is 25.0 Å². The zero-order valence-corrected chi connectivity index (χ0v) is 10.4. The van der Waals surface area contributed by atoms with Crippen molar-refractivity contribution < 1.29 is 4.79 Å². The summed E-state index contributed by atoms with van der Waals surface area (Å²) in [5.74, 6) is 0.646. The van der Waals surface area contributed by atoms with Gasteiger partial charge in [-0.15, -0.1) is 0 Å². The van der Waals surface area contributed by atoms with Crippen LogP contribution in [0.15, 0.2) is 18.5 Å². The quantitative estimate of drug-likeness (QED) is 0.818. The first-order valence-corrected chi connectivity index (χ1v) is 6.25. The molecule has 0 bridgehead atoms. The summed E-state index contributed by atoms with van der Waals surface area (Å²) in [5, 5.41) is 6.23. The van der Waals surface area contributed by atoms with Crippen molar-refractivity contribution in [2.75, 3.05) is 11.9 Å². The van der Waals surface area contributed by atoms with Gasteiger partial charge >= 0.3 is 0 Å². The van der Waals surface area contributed by atoms with E-state index in [-0.39, 0.29) is 5.91 Å². The second-order valence-electron chi connectivity index (χ2n) is 4.44. The van der Waals surface area contributed by atoms with Crippen molar-refractivity contribution in [3.8, 4) is 0 Å². The summed E-state index contributed by atoms with van der Waals surface area (Å²) >= 11 is 0. The minimum Gasteiger partial charge on any atom is -0.385 e. The van der Waals surface area contributed by atoms with Crippen LogP contribution in [0.1, 0.15) is 37.0 Å². The molecule has 1 aromatic rings. The van der Waals surface area contributed by atoms with Gasteiger partial charge in [0.05, 0.1) is 11.3 Å². The Morgan fingerprint density at radius 3 is 3.00 bits per heavy atom. The zero-order chi connectivity index (χ0) is 12.3. The lowest BCUT2D eigenvalue weighted by Gasteiger charge is -2.10. The molecular weight excluding hydrogens is 214 g/mol. The molecule has 1 saturated carbocycles. The summed E-state index contributed by atoms with van der Waals surface area (Å²) in [6.07, 6.45) is 5.56. The van der Waals surface area contributed by atoms with Crippen molar-refractivity contribution in [1.82, 2.24) is 10.3 Å². The molecular formula is C13H19N3O.